The minimum absolute atomic E-state index is 0.546. The van der Waals surface area contributed by atoms with Gasteiger partial charge in [-0.05, 0) is 0 Å². The van der Waals surface area contributed by atoms with Gasteiger partial charge in [0, 0.05) is 13.1 Å². The Hall–Kier alpha value is -0.0800. The van der Waals surface area contributed by atoms with Crippen LogP contribution in [0.15, 0.2) is 0 Å². The first kappa shape index (κ1) is 2.99. The van der Waals surface area contributed by atoms with Crippen LogP contribution in [0.2, 0.25) is 0 Å². The molecule has 2 saturated heterocycles. The molecule has 2 atom stereocenters. The van der Waals surface area contributed by atoms with E-state index in [1.807, 2.05) is 0 Å². The van der Waals surface area contributed by atoms with Gasteiger partial charge in [0.25, 0.3) is 0 Å². The second kappa shape index (κ2) is 0.768. The molecule has 0 aliphatic carbocycles. The molecule has 0 N–H and O–H groups in total. The number of hydrogen-bond acceptors (Lipinski definition) is 1. The van der Waals surface area contributed by atoms with Crippen LogP contribution in [-0.2, 0) is 4.74 Å². The molecule has 33 valence electrons. The zero-order chi connectivity index (χ0) is 3.98. The molecule has 2 fully saturated rings. The van der Waals surface area contributed by atoms with Gasteiger partial charge < -0.3 is 4.74 Å². The van der Waals surface area contributed by atoms with Crippen molar-refractivity contribution >= 4 is 0 Å². The Morgan fingerprint density at radius 1 is 1.33 bits per heavy atom. The van der Waals surface area contributed by atoms with E-state index in [-0.39, 0.29) is 0 Å². The highest BCUT2D eigenvalue weighted by Crippen LogP contribution is 2.25. The summed E-state index contributed by atoms with van der Waals surface area (Å²) in [6.45, 7) is 1.93. The fourth-order valence-electron chi connectivity index (χ4n) is 0.829. The van der Waals surface area contributed by atoms with Crippen LogP contribution in [0.5, 0.6) is 0 Å². The maximum Gasteiger partial charge on any atom is 0.0996 e. The van der Waals surface area contributed by atoms with Crippen molar-refractivity contribution < 1.29 is 4.74 Å². The van der Waals surface area contributed by atoms with Gasteiger partial charge in [0.2, 0.25) is 0 Å². The SMILES string of the molecule is C1[N]CC2OC12. The smallest absolute Gasteiger partial charge is 0.0996 e. The Morgan fingerprint density at radius 2 is 2.00 bits per heavy atom. The minimum Gasteiger partial charge on any atom is -0.367 e. The summed E-state index contributed by atoms with van der Waals surface area (Å²) in [4.78, 5) is 0. The van der Waals surface area contributed by atoms with Crippen molar-refractivity contribution in [3.05, 3.63) is 0 Å². The Balaban J connectivity index is 2.09. The molecule has 2 aliphatic rings. The van der Waals surface area contributed by atoms with Crippen LogP contribution >= 0.6 is 0 Å². The average molecular weight is 84.1 g/mol. The second-order valence-electron chi connectivity index (χ2n) is 1.80. The van der Waals surface area contributed by atoms with E-state index in [2.05, 4.69) is 5.32 Å². The monoisotopic (exact) mass is 84.0 g/mol. The standard InChI is InChI=1S/C4H6NO/c1-3-4(6-3)2-5-1/h3-4H,1-2H2. The van der Waals surface area contributed by atoms with Crippen molar-refractivity contribution in [3.8, 4) is 0 Å². The van der Waals surface area contributed by atoms with Crippen LogP contribution in [-0.4, -0.2) is 25.3 Å². The molecular formula is C4H6NO. The number of rotatable bonds is 0. The lowest BCUT2D eigenvalue weighted by atomic mass is 10.4. The fraction of sp³-hybridized carbons (Fsp3) is 1.00. The highest BCUT2D eigenvalue weighted by Gasteiger charge is 2.43. The molecule has 1 radical (unpaired) electrons. The Labute approximate surface area is 36.5 Å². The molecule has 2 heteroatoms. The van der Waals surface area contributed by atoms with Gasteiger partial charge in [-0.15, -0.1) is 0 Å². The Kier molecular flexibility index (Phi) is 0.383. The highest BCUT2D eigenvalue weighted by atomic mass is 16.6. The molecule has 2 heterocycles. The van der Waals surface area contributed by atoms with Gasteiger partial charge in [-0.25, -0.2) is 5.32 Å². The molecule has 2 rings (SSSR count). The molecular weight excluding hydrogens is 78.0 g/mol. The van der Waals surface area contributed by atoms with Crippen LogP contribution in [0, 0.1) is 0 Å². The first-order chi connectivity index (χ1) is 2.97. The molecule has 2 aliphatic heterocycles. The zero-order valence-corrected chi connectivity index (χ0v) is 3.42. The van der Waals surface area contributed by atoms with Gasteiger partial charge in [-0.1, -0.05) is 0 Å². The van der Waals surface area contributed by atoms with Crippen LogP contribution < -0.4 is 5.32 Å². The van der Waals surface area contributed by atoms with Gasteiger partial charge in [0.05, 0.1) is 12.2 Å². The predicted octanol–water partition coefficient (Wildman–Crippen LogP) is -0.628. The van der Waals surface area contributed by atoms with E-state index >= 15 is 0 Å². The Morgan fingerprint density at radius 3 is 2.17 bits per heavy atom. The lowest BCUT2D eigenvalue weighted by molar-refractivity contribution is 0.329. The van der Waals surface area contributed by atoms with E-state index in [1.54, 1.807) is 0 Å². The second-order valence-corrected chi connectivity index (χ2v) is 1.80. The molecule has 6 heavy (non-hydrogen) atoms. The number of morpholine rings is 1. The van der Waals surface area contributed by atoms with Crippen molar-refractivity contribution in [2.75, 3.05) is 13.1 Å². The number of fused-ring (bicyclic) bond motifs is 1. The van der Waals surface area contributed by atoms with Crippen molar-refractivity contribution in [1.29, 1.82) is 0 Å². The average Bonchev–Trinajstić information content (AvgIpc) is 2.17. The summed E-state index contributed by atoms with van der Waals surface area (Å²) in [5.41, 5.74) is 0. The number of nitrogens with zero attached hydrogens (tertiary/aromatic N) is 1. The molecule has 0 spiro atoms. The summed E-state index contributed by atoms with van der Waals surface area (Å²) in [7, 11) is 0. The Bertz CT molecular complexity index is 65.9. The summed E-state index contributed by atoms with van der Waals surface area (Å²) >= 11 is 0. The maximum absolute atomic E-state index is 5.06. The summed E-state index contributed by atoms with van der Waals surface area (Å²) < 4.78 is 5.06. The maximum atomic E-state index is 5.06. The third-order valence-electron chi connectivity index (χ3n) is 1.31. The van der Waals surface area contributed by atoms with Crippen molar-refractivity contribution in [2.24, 2.45) is 0 Å². The molecule has 2 unspecified atom stereocenters. The first-order valence-corrected chi connectivity index (χ1v) is 2.25. The first-order valence-electron chi connectivity index (χ1n) is 2.25. The zero-order valence-electron chi connectivity index (χ0n) is 3.42. The largest absolute Gasteiger partial charge is 0.367 e. The molecule has 0 aromatic rings. The summed E-state index contributed by atoms with van der Waals surface area (Å²) in [6.07, 6.45) is 1.09. The van der Waals surface area contributed by atoms with E-state index < -0.39 is 0 Å². The minimum atomic E-state index is 0.546. The third-order valence-corrected chi connectivity index (χ3v) is 1.31. The number of hydrogen-bond donors (Lipinski definition) is 0. The van der Waals surface area contributed by atoms with Gasteiger partial charge in [0.15, 0.2) is 0 Å². The predicted molar refractivity (Wildman–Crippen MR) is 20.5 cm³/mol. The number of epoxide rings is 1. The topological polar surface area (TPSA) is 26.6 Å². The van der Waals surface area contributed by atoms with Crippen LogP contribution in [0.4, 0.5) is 0 Å². The third kappa shape index (κ3) is 0.235. The molecule has 0 saturated carbocycles. The van der Waals surface area contributed by atoms with Gasteiger partial charge in [0.1, 0.15) is 0 Å². The van der Waals surface area contributed by atoms with Gasteiger partial charge in [-0.2, -0.15) is 0 Å². The normalized spacial score (nSPS) is 52.0. The van der Waals surface area contributed by atoms with E-state index in [9.17, 15) is 0 Å². The molecule has 0 bridgehead atoms. The molecule has 0 aromatic heterocycles. The summed E-state index contributed by atoms with van der Waals surface area (Å²) in [5, 5.41) is 4.09. The quantitative estimate of drug-likeness (QED) is 0.359. The lowest BCUT2D eigenvalue weighted by Gasteiger charge is -1.84. The van der Waals surface area contributed by atoms with Gasteiger partial charge >= 0.3 is 0 Å². The van der Waals surface area contributed by atoms with E-state index in [0.29, 0.717) is 12.2 Å². The summed E-state index contributed by atoms with van der Waals surface area (Å²) in [6, 6.07) is 0. The van der Waals surface area contributed by atoms with E-state index in [1.165, 1.54) is 0 Å². The summed E-state index contributed by atoms with van der Waals surface area (Å²) in [5.74, 6) is 0. The van der Waals surface area contributed by atoms with Crippen LogP contribution in [0.3, 0.4) is 0 Å². The molecule has 2 nitrogen and oxygen atoms in total. The van der Waals surface area contributed by atoms with Gasteiger partial charge in [-0.3, -0.25) is 0 Å². The highest BCUT2D eigenvalue weighted by molar-refractivity contribution is 4.94. The fourth-order valence-corrected chi connectivity index (χ4v) is 0.829. The van der Waals surface area contributed by atoms with E-state index in [0.717, 1.165) is 13.1 Å². The van der Waals surface area contributed by atoms with Crippen LogP contribution in [0.25, 0.3) is 0 Å². The van der Waals surface area contributed by atoms with Crippen molar-refractivity contribution in [2.45, 2.75) is 12.2 Å². The lowest BCUT2D eigenvalue weighted by Crippen LogP contribution is -2.04. The van der Waals surface area contributed by atoms with Crippen LogP contribution in [0.1, 0.15) is 0 Å². The van der Waals surface area contributed by atoms with Crippen molar-refractivity contribution in [3.63, 3.8) is 0 Å². The molecule has 0 amide bonds. The number of ether oxygens (including phenoxy) is 1. The van der Waals surface area contributed by atoms with Crippen molar-refractivity contribution in [1.82, 2.24) is 5.32 Å². The van der Waals surface area contributed by atoms with E-state index in [4.69, 9.17) is 4.74 Å². The molecule has 0 aromatic carbocycles.